The molecule has 0 unspecified atom stereocenters. The van der Waals surface area contributed by atoms with Crippen LogP contribution >= 0.6 is 0 Å². The summed E-state index contributed by atoms with van der Waals surface area (Å²) in [6.07, 6.45) is 0. The van der Waals surface area contributed by atoms with E-state index in [1.54, 1.807) is 0 Å². The lowest BCUT2D eigenvalue weighted by Gasteiger charge is -2.16. The number of rotatable bonds is 3. The number of hydrogen-bond donors (Lipinski definition) is 0. The third kappa shape index (κ3) is 3.07. The predicted molar refractivity (Wildman–Crippen MR) is 112 cm³/mol. The molecule has 0 saturated heterocycles. The second-order valence-electron chi connectivity index (χ2n) is 6.78. The summed E-state index contributed by atoms with van der Waals surface area (Å²) in [5.74, 6) is 0. The van der Waals surface area contributed by atoms with E-state index >= 15 is 0 Å². The SMILES string of the molecule is Cc1cccc(-c2ccccc2-c2ccccc2-c2ccccc2C)c1. The van der Waals surface area contributed by atoms with Crippen molar-refractivity contribution in [1.82, 2.24) is 0 Å². The van der Waals surface area contributed by atoms with Crippen LogP contribution in [0.2, 0.25) is 0 Å². The highest BCUT2D eigenvalue weighted by Crippen LogP contribution is 2.38. The highest BCUT2D eigenvalue weighted by atomic mass is 14.2. The lowest BCUT2D eigenvalue weighted by Crippen LogP contribution is -1.90. The first-order valence-electron chi connectivity index (χ1n) is 9.05. The van der Waals surface area contributed by atoms with Crippen LogP contribution in [0, 0.1) is 13.8 Å². The van der Waals surface area contributed by atoms with E-state index in [0.717, 1.165) is 0 Å². The van der Waals surface area contributed by atoms with Gasteiger partial charge in [0.15, 0.2) is 0 Å². The van der Waals surface area contributed by atoms with Crippen LogP contribution in [0.15, 0.2) is 97.1 Å². The Kier molecular flexibility index (Phi) is 4.41. The van der Waals surface area contributed by atoms with Crippen LogP contribution in [0.4, 0.5) is 0 Å². The Morgan fingerprint density at radius 1 is 0.423 bits per heavy atom. The van der Waals surface area contributed by atoms with Gasteiger partial charge in [-0.15, -0.1) is 0 Å². The maximum absolute atomic E-state index is 2.26. The minimum Gasteiger partial charge on any atom is -0.0620 e. The Morgan fingerprint density at radius 3 is 1.54 bits per heavy atom. The molecule has 0 nitrogen and oxygen atoms in total. The van der Waals surface area contributed by atoms with Crippen molar-refractivity contribution in [3.8, 4) is 33.4 Å². The van der Waals surface area contributed by atoms with E-state index in [4.69, 9.17) is 0 Å². The van der Waals surface area contributed by atoms with E-state index in [1.807, 2.05) is 0 Å². The van der Waals surface area contributed by atoms with Crippen LogP contribution in [0.5, 0.6) is 0 Å². The normalized spacial score (nSPS) is 10.7. The van der Waals surface area contributed by atoms with Crippen molar-refractivity contribution in [2.24, 2.45) is 0 Å². The topological polar surface area (TPSA) is 0 Å². The van der Waals surface area contributed by atoms with Crippen LogP contribution in [0.3, 0.4) is 0 Å². The molecule has 0 bridgehead atoms. The molecule has 126 valence electrons. The molecular weight excluding hydrogens is 312 g/mol. The van der Waals surface area contributed by atoms with E-state index in [9.17, 15) is 0 Å². The van der Waals surface area contributed by atoms with E-state index in [1.165, 1.54) is 44.5 Å². The minimum absolute atomic E-state index is 1.26. The smallest absolute Gasteiger partial charge is 0.00991 e. The van der Waals surface area contributed by atoms with Crippen molar-refractivity contribution in [3.63, 3.8) is 0 Å². The van der Waals surface area contributed by atoms with Gasteiger partial charge in [0.25, 0.3) is 0 Å². The summed E-state index contributed by atoms with van der Waals surface area (Å²) in [7, 11) is 0. The molecule has 0 aromatic heterocycles. The molecule has 0 radical (unpaired) electrons. The zero-order chi connectivity index (χ0) is 17.9. The molecule has 0 spiro atoms. The van der Waals surface area contributed by atoms with Gasteiger partial charge in [0.2, 0.25) is 0 Å². The zero-order valence-electron chi connectivity index (χ0n) is 15.2. The van der Waals surface area contributed by atoms with E-state index in [0.29, 0.717) is 0 Å². The molecule has 4 rings (SSSR count). The van der Waals surface area contributed by atoms with Crippen LogP contribution in [0.1, 0.15) is 11.1 Å². The molecule has 0 atom stereocenters. The molecule has 4 aromatic carbocycles. The summed E-state index contributed by atoms with van der Waals surface area (Å²) in [6.45, 7) is 4.33. The maximum Gasteiger partial charge on any atom is -0.00991 e. The third-order valence-corrected chi connectivity index (χ3v) is 4.91. The van der Waals surface area contributed by atoms with Gasteiger partial charge in [0.05, 0.1) is 0 Å². The van der Waals surface area contributed by atoms with Gasteiger partial charge in [0, 0.05) is 0 Å². The monoisotopic (exact) mass is 334 g/mol. The van der Waals surface area contributed by atoms with Crippen molar-refractivity contribution in [2.45, 2.75) is 13.8 Å². The van der Waals surface area contributed by atoms with E-state index < -0.39 is 0 Å². The zero-order valence-corrected chi connectivity index (χ0v) is 15.2. The maximum atomic E-state index is 2.26. The molecule has 4 aromatic rings. The highest BCUT2D eigenvalue weighted by molar-refractivity contribution is 5.92. The fourth-order valence-corrected chi connectivity index (χ4v) is 3.61. The third-order valence-electron chi connectivity index (χ3n) is 4.91. The van der Waals surface area contributed by atoms with Crippen molar-refractivity contribution in [3.05, 3.63) is 108 Å². The molecule has 0 heteroatoms. The second kappa shape index (κ2) is 7.01. The lowest BCUT2D eigenvalue weighted by atomic mass is 9.88. The summed E-state index contributed by atoms with van der Waals surface area (Å²) in [5, 5.41) is 0. The summed E-state index contributed by atoms with van der Waals surface area (Å²) in [4.78, 5) is 0. The molecular formula is C26H22. The Morgan fingerprint density at radius 2 is 0.923 bits per heavy atom. The first-order chi connectivity index (χ1) is 12.7. The van der Waals surface area contributed by atoms with Gasteiger partial charge in [0.1, 0.15) is 0 Å². The minimum atomic E-state index is 1.26. The van der Waals surface area contributed by atoms with Crippen LogP contribution < -0.4 is 0 Å². The number of hydrogen-bond acceptors (Lipinski definition) is 0. The highest BCUT2D eigenvalue weighted by Gasteiger charge is 2.12. The van der Waals surface area contributed by atoms with Crippen molar-refractivity contribution >= 4 is 0 Å². The fourth-order valence-electron chi connectivity index (χ4n) is 3.61. The average Bonchev–Trinajstić information content (AvgIpc) is 2.68. The lowest BCUT2D eigenvalue weighted by molar-refractivity contribution is 1.45. The van der Waals surface area contributed by atoms with Gasteiger partial charge in [-0.05, 0) is 52.8 Å². The molecule has 0 fully saturated rings. The van der Waals surface area contributed by atoms with E-state index in [2.05, 4.69) is 111 Å². The van der Waals surface area contributed by atoms with Gasteiger partial charge in [-0.2, -0.15) is 0 Å². The molecule has 0 saturated carbocycles. The standard InChI is InChI=1S/C26H22/c1-19-10-9-12-21(18-19)23-14-5-6-16-25(23)26-17-8-7-15-24(26)22-13-4-3-11-20(22)2/h3-18H,1-2H3. The molecule has 0 amide bonds. The van der Waals surface area contributed by atoms with Gasteiger partial charge in [-0.25, -0.2) is 0 Å². The predicted octanol–water partition coefficient (Wildman–Crippen LogP) is 7.30. The van der Waals surface area contributed by atoms with Crippen molar-refractivity contribution in [1.29, 1.82) is 0 Å². The molecule has 0 heterocycles. The Balaban J connectivity index is 1.95. The van der Waals surface area contributed by atoms with Gasteiger partial charge < -0.3 is 0 Å². The average molecular weight is 334 g/mol. The number of benzene rings is 4. The summed E-state index contributed by atoms with van der Waals surface area (Å²) in [5.41, 5.74) is 10.2. The van der Waals surface area contributed by atoms with Crippen molar-refractivity contribution in [2.75, 3.05) is 0 Å². The Labute approximate surface area is 155 Å². The van der Waals surface area contributed by atoms with Gasteiger partial charge in [-0.3, -0.25) is 0 Å². The molecule has 0 aliphatic carbocycles. The molecule has 0 N–H and O–H groups in total. The summed E-state index contributed by atoms with van der Waals surface area (Å²) < 4.78 is 0. The Hall–Kier alpha value is -3.12. The van der Waals surface area contributed by atoms with Crippen LogP contribution in [0.25, 0.3) is 33.4 Å². The first-order valence-corrected chi connectivity index (χ1v) is 9.05. The fraction of sp³-hybridized carbons (Fsp3) is 0.0769. The summed E-state index contributed by atoms with van der Waals surface area (Å²) >= 11 is 0. The van der Waals surface area contributed by atoms with Crippen molar-refractivity contribution < 1.29 is 0 Å². The van der Waals surface area contributed by atoms with Crippen LogP contribution in [-0.4, -0.2) is 0 Å². The largest absolute Gasteiger partial charge is 0.0620 e. The quantitative estimate of drug-likeness (QED) is 0.368. The Bertz CT molecular complexity index is 1060. The number of aryl methyl sites for hydroxylation is 2. The second-order valence-corrected chi connectivity index (χ2v) is 6.78. The molecule has 0 aliphatic heterocycles. The van der Waals surface area contributed by atoms with Gasteiger partial charge in [-0.1, -0.05) is 103 Å². The first kappa shape index (κ1) is 16.4. The van der Waals surface area contributed by atoms with Gasteiger partial charge >= 0.3 is 0 Å². The summed E-state index contributed by atoms with van der Waals surface area (Å²) in [6, 6.07) is 34.8. The van der Waals surface area contributed by atoms with Crippen LogP contribution in [-0.2, 0) is 0 Å². The molecule has 26 heavy (non-hydrogen) atoms. The molecule has 0 aliphatic rings. The van der Waals surface area contributed by atoms with E-state index in [-0.39, 0.29) is 0 Å².